The van der Waals surface area contributed by atoms with Crippen molar-refractivity contribution in [1.82, 2.24) is 10.1 Å². The number of anilines is 1. The maximum Gasteiger partial charge on any atom is 0.411 e. The van der Waals surface area contributed by atoms with Gasteiger partial charge in [-0.05, 0) is 30.7 Å². The Kier molecular flexibility index (Phi) is 3.93. The molecule has 2 rings (SSSR count). The summed E-state index contributed by atoms with van der Waals surface area (Å²) >= 11 is 0. The molecule has 0 spiro atoms. The lowest BCUT2D eigenvalue weighted by atomic mass is 10.1. The molecule has 0 saturated heterocycles. The van der Waals surface area contributed by atoms with E-state index in [0.29, 0.717) is 11.3 Å². The third-order valence-corrected chi connectivity index (χ3v) is 2.45. The van der Waals surface area contributed by atoms with Gasteiger partial charge in [-0.2, -0.15) is 18.2 Å². The number of hydrogen-bond acceptors (Lipinski definition) is 5. The molecule has 0 amide bonds. The Balaban J connectivity index is 2.05. The maximum atomic E-state index is 11.9. The van der Waals surface area contributed by atoms with Gasteiger partial charge in [0.25, 0.3) is 5.89 Å². The maximum absolute atomic E-state index is 11.9. The van der Waals surface area contributed by atoms with Crippen LogP contribution in [0.25, 0.3) is 11.5 Å². The molecule has 20 heavy (non-hydrogen) atoms. The number of aromatic nitrogens is 2. The number of nitrogens with zero attached hydrogens (tertiary/aromatic N) is 2. The highest BCUT2D eigenvalue weighted by atomic mass is 19.4. The van der Waals surface area contributed by atoms with Gasteiger partial charge in [-0.15, -0.1) is 0 Å². The molecule has 0 atom stereocenters. The number of aryl methyl sites for hydroxylation is 1. The number of benzene rings is 1. The van der Waals surface area contributed by atoms with E-state index in [1.165, 1.54) is 0 Å². The first kappa shape index (κ1) is 14.3. The van der Waals surface area contributed by atoms with Gasteiger partial charge in [0.05, 0.1) is 0 Å². The Hall–Kier alpha value is -2.09. The molecule has 108 valence electrons. The van der Waals surface area contributed by atoms with E-state index in [9.17, 15) is 13.2 Å². The molecule has 0 fully saturated rings. The summed E-state index contributed by atoms with van der Waals surface area (Å²) in [7, 11) is 0. The fraction of sp³-hybridized carbons (Fsp3) is 0.333. The molecule has 8 heteroatoms. The molecule has 0 unspecified atom stereocenters. The second-order valence-corrected chi connectivity index (χ2v) is 4.20. The van der Waals surface area contributed by atoms with Crippen molar-refractivity contribution in [2.75, 3.05) is 12.3 Å². The minimum Gasteiger partial charge on any atom is -0.399 e. The van der Waals surface area contributed by atoms with Crippen molar-refractivity contribution in [2.45, 2.75) is 19.7 Å². The number of rotatable bonds is 4. The highest BCUT2D eigenvalue weighted by molar-refractivity contribution is 5.62. The van der Waals surface area contributed by atoms with Crippen molar-refractivity contribution in [3.63, 3.8) is 0 Å². The van der Waals surface area contributed by atoms with Crippen LogP contribution in [0.4, 0.5) is 18.9 Å². The molecule has 0 saturated carbocycles. The molecule has 2 N–H and O–H groups in total. The molecule has 0 aliphatic carbocycles. The smallest absolute Gasteiger partial charge is 0.399 e. The average molecular weight is 287 g/mol. The Morgan fingerprint density at radius 3 is 2.75 bits per heavy atom. The van der Waals surface area contributed by atoms with Gasteiger partial charge in [-0.1, -0.05) is 5.16 Å². The number of nitrogen functional groups attached to an aromatic ring is 1. The van der Waals surface area contributed by atoms with Gasteiger partial charge in [-0.25, -0.2) is 0 Å². The molecule has 1 aromatic heterocycles. The van der Waals surface area contributed by atoms with Crippen molar-refractivity contribution in [3.05, 3.63) is 29.6 Å². The molecule has 1 heterocycles. The molecule has 0 aliphatic heterocycles. The predicted octanol–water partition coefficient (Wildman–Crippen LogP) is 2.71. The number of nitrogens with two attached hydrogens (primary N) is 1. The van der Waals surface area contributed by atoms with Crippen molar-refractivity contribution < 1.29 is 22.4 Å². The summed E-state index contributed by atoms with van der Waals surface area (Å²) in [6.07, 6.45) is -4.37. The van der Waals surface area contributed by atoms with Crippen molar-refractivity contribution in [1.29, 1.82) is 0 Å². The average Bonchev–Trinajstić information content (AvgIpc) is 2.75. The summed E-state index contributed by atoms with van der Waals surface area (Å²) in [5.74, 6) is 0.272. The highest BCUT2D eigenvalue weighted by Gasteiger charge is 2.27. The zero-order valence-corrected chi connectivity index (χ0v) is 10.6. The molecule has 1 aromatic carbocycles. The second-order valence-electron chi connectivity index (χ2n) is 4.20. The van der Waals surface area contributed by atoms with Gasteiger partial charge < -0.3 is 15.0 Å². The van der Waals surface area contributed by atoms with Crippen LogP contribution in [-0.4, -0.2) is 22.9 Å². The van der Waals surface area contributed by atoms with Crippen LogP contribution in [0.3, 0.4) is 0 Å². The number of alkyl halides is 3. The topological polar surface area (TPSA) is 74.2 Å². The van der Waals surface area contributed by atoms with Crippen LogP contribution in [0.2, 0.25) is 0 Å². The lowest BCUT2D eigenvalue weighted by Gasteiger charge is -2.04. The quantitative estimate of drug-likeness (QED) is 0.875. The van der Waals surface area contributed by atoms with E-state index >= 15 is 0 Å². The van der Waals surface area contributed by atoms with Gasteiger partial charge in [0.2, 0.25) is 0 Å². The fourth-order valence-corrected chi connectivity index (χ4v) is 1.61. The number of halogens is 3. The van der Waals surface area contributed by atoms with E-state index < -0.39 is 12.8 Å². The van der Waals surface area contributed by atoms with E-state index in [-0.39, 0.29) is 18.3 Å². The van der Waals surface area contributed by atoms with Crippen LogP contribution in [-0.2, 0) is 11.3 Å². The predicted molar refractivity (Wildman–Crippen MR) is 64.6 cm³/mol. The van der Waals surface area contributed by atoms with E-state index in [0.717, 1.165) is 5.56 Å². The largest absolute Gasteiger partial charge is 0.411 e. The summed E-state index contributed by atoms with van der Waals surface area (Å²) in [6, 6.07) is 5.12. The first-order valence-electron chi connectivity index (χ1n) is 5.69. The normalized spacial score (nSPS) is 11.8. The highest BCUT2D eigenvalue weighted by Crippen LogP contribution is 2.23. The zero-order valence-electron chi connectivity index (χ0n) is 10.6. The Morgan fingerprint density at radius 1 is 1.35 bits per heavy atom. The summed E-state index contributed by atoms with van der Waals surface area (Å²) in [6.45, 7) is 0.102. The minimum absolute atomic E-state index is 0.0560. The number of hydrogen-bond donors (Lipinski definition) is 1. The first-order valence-corrected chi connectivity index (χ1v) is 5.69. The third kappa shape index (κ3) is 3.70. The summed E-state index contributed by atoms with van der Waals surface area (Å²) in [5.41, 5.74) is 7.73. The second kappa shape index (κ2) is 5.49. The van der Waals surface area contributed by atoms with Crippen LogP contribution in [0.5, 0.6) is 0 Å². The summed E-state index contributed by atoms with van der Waals surface area (Å²) in [5, 5.41) is 3.57. The Morgan fingerprint density at radius 2 is 2.10 bits per heavy atom. The van der Waals surface area contributed by atoms with Gasteiger partial charge >= 0.3 is 6.18 Å². The van der Waals surface area contributed by atoms with E-state index in [2.05, 4.69) is 14.9 Å². The number of ether oxygens (including phenoxy) is 1. The van der Waals surface area contributed by atoms with Crippen molar-refractivity contribution in [2.24, 2.45) is 0 Å². The standard InChI is InChI=1S/C12H12F3N3O2/c1-7-4-8(16)2-3-9(7)11-17-10(18-20-11)5-19-6-12(13,14)15/h2-4H,5-6,16H2,1H3. The first-order chi connectivity index (χ1) is 9.35. The van der Waals surface area contributed by atoms with Crippen LogP contribution < -0.4 is 5.73 Å². The lowest BCUT2D eigenvalue weighted by Crippen LogP contribution is -2.16. The van der Waals surface area contributed by atoms with Crippen molar-refractivity contribution >= 4 is 5.69 Å². The molecule has 5 nitrogen and oxygen atoms in total. The van der Waals surface area contributed by atoms with E-state index in [1.807, 2.05) is 6.92 Å². The summed E-state index contributed by atoms with van der Waals surface area (Å²) in [4.78, 5) is 3.98. The van der Waals surface area contributed by atoms with Crippen LogP contribution in [0.15, 0.2) is 22.7 Å². The van der Waals surface area contributed by atoms with Crippen molar-refractivity contribution in [3.8, 4) is 11.5 Å². The monoisotopic (exact) mass is 287 g/mol. The molecular formula is C12H12F3N3O2. The van der Waals surface area contributed by atoms with Crippen LogP contribution in [0.1, 0.15) is 11.4 Å². The Labute approximate surface area is 112 Å². The molecule has 2 aromatic rings. The third-order valence-electron chi connectivity index (χ3n) is 2.45. The van der Waals surface area contributed by atoms with Crippen LogP contribution >= 0.6 is 0 Å². The minimum atomic E-state index is -4.37. The van der Waals surface area contributed by atoms with Gasteiger partial charge in [0.15, 0.2) is 5.82 Å². The molecule has 0 bridgehead atoms. The van der Waals surface area contributed by atoms with Gasteiger partial charge in [0, 0.05) is 11.3 Å². The SMILES string of the molecule is Cc1cc(N)ccc1-c1nc(COCC(F)(F)F)no1. The molecular weight excluding hydrogens is 275 g/mol. The van der Waals surface area contributed by atoms with E-state index in [1.54, 1.807) is 18.2 Å². The molecule has 0 radical (unpaired) electrons. The van der Waals surface area contributed by atoms with E-state index in [4.69, 9.17) is 10.3 Å². The van der Waals surface area contributed by atoms with Gasteiger partial charge in [0.1, 0.15) is 13.2 Å². The summed E-state index contributed by atoms with van der Waals surface area (Å²) < 4.78 is 45.2. The van der Waals surface area contributed by atoms with Gasteiger partial charge in [-0.3, -0.25) is 0 Å². The fourth-order valence-electron chi connectivity index (χ4n) is 1.61. The molecule has 0 aliphatic rings. The Bertz CT molecular complexity index is 596. The van der Waals surface area contributed by atoms with Crippen LogP contribution in [0, 0.1) is 6.92 Å². The zero-order chi connectivity index (χ0) is 14.8. The lowest BCUT2D eigenvalue weighted by molar-refractivity contribution is -0.177.